The Bertz CT molecular complexity index is 1050. The highest BCUT2D eigenvalue weighted by Crippen LogP contribution is 2.38. The number of para-hydroxylation sites is 1. The minimum atomic E-state index is 0.595. The van der Waals surface area contributed by atoms with Crippen LogP contribution in [0.25, 0.3) is 16.9 Å². The van der Waals surface area contributed by atoms with Crippen molar-refractivity contribution >= 4 is 5.82 Å². The van der Waals surface area contributed by atoms with Crippen molar-refractivity contribution in [2.45, 2.75) is 19.3 Å². The normalized spacial score (nSPS) is 13.0. The fraction of sp³-hybridized carbons (Fsp3) is 0.273. The molecule has 1 aliphatic rings. The summed E-state index contributed by atoms with van der Waals surface area (Å²) in [6.45, 7) is 0.888. The topological polar surface area (TPSA) is 72.1 Å². The molecule has 4 rings (SSSR count). The largest absolute Gasteiger partial charge is 0.493 e. The molecule has 1 N–H and O–H groups in total. The van der Waals surface area contributed by atoms with Gasteiger partial charge in [-0.25, -0.2) is 4.68 Å². The van der Waals surface area contributed by atoms with Crippen LogP contribution in [-0.4, -0.2) is 30.5 Å². The van der Waals surface area contributed by atoms with E-state index in [9.17, 15) is 5.26 Å². The molecule has 0 bridgehead atoms. The Morgan fingerprint density at radius 3 is 2.68 bits per heavy atom. The number of aromatic nitrogens is 2. The number of ether oxygens (including phenoxy) is 2. The molecule has 0 saturated heterocycles. The zero-order valence-corrected chi connectivity index (χ0v) is 16.0. The highest BCUT2D eigenvalue weighted by atomic mass is 16.5. The molecule has 2 aromatic carbocycles. The summed E-state index contributed by atoms with van der Waals surface area (Å²) in [5.74, 6) is 2.32. The molecule has 0 spiro atoms. The third kappa shape index (κ3) is 3.05. The number of rotatable bonds is 4. The van der Waals surface area contributed by atoms with E-state index in [4.69, 9.17) is 14.6 Å². The Morgan fingerprint density at radius 1 is 1.07 bits per heavy atom. The molecule has 6 nitrogen and oxygen atoms in total. The van der Waals surface area contributed by atoms with E-state index in [-0.39, 0.29) is 0 Å². The van der Waals surface area contributed by atoms with E-state index in [2.05, 4.69) is 11.4 Å². The smallest absolute Gasteiger partial charge is 0.161 e. The minimum absolute atomic E-state index is 0.595. The van der Waals surface area contributed by atoms with Crippen LogP contribution in [-0.2, 0) is 6.42 Å². The van der Waals surface area contributed by atoms with Crippen LogP contribution < -0.4 is 14.8 Å². The molecule has 1 aromatic heterocycles. The summed E-state index contributed by atoms with van der Waals surface area (Å²) in [5.41, 5.74) is 4.40. The number of hydrogen-bond donors (Lipinski definition) is 1. The Balaban J connectivity index is 1.92. The van der Waals surface area contributed by atoms with Crippen LogP contribution in [0.1, 0.15) is 24.0 Å². The number of hydrogen-bond acceptors (Lipinski definition) is 5. The van der Waals surface area contributed by atoms with Gasteiger partial charge in [0.1, 0.15) is 11.9 Å². The first-order valence-electron chi connectivity index (χ1n) is 9.34. The van der Waals surface area contributed by atoms with Crippen LogP contribution in [0.4, 0.5) is 5.82 Å². The average Bonchev–Trinajstić information content (AvgIpc) is 2.93. The van der Waals surface area contributed by atoms with Gasteiger partial charge < -0.3 is 14.8 Å². The lowest BCUT2D eigenvalue weighted by Crippen LogP contribution is -2.08. The van der Waals surface area contributed by atoms with Crippen molar-refractivity contribution < 1.29 is 9.47 Å². The molecule has 1 aliphatic heterocycles. The molecular weight excluding hydrogens is 352 g/mol. The monoisotopic (exact) mass is 374 g/mol. The molecule has 28 heavy (non-hydrogen) atoms. The van der Waals surface area contributed by atoms with E-state index in [1.165, 1.54) is 0 Å². The van der Waals surface area contributed by atoms with Gasteiger partial charge in [-0.3, -0.25) is 0 Å². The van der Waals surface area contributed by atoms with Crippen molar-refractivity contribution in [1.29, 1.82) is 5.26 Å². The summed E-state index contributed by atoms with van der Waals surface area (Å²) in [6, 6.07) is 15.7. The predicted molar refractivity (Wildman–Crippen MR) is 108 cm³/mol. The van der Waals surface area contributed by atoms with Gasteiger partial charge in [0.15, 0.2) is 11.5 Å². The van der Waals surface area contributed by atoms with Gasteiger partial charge >= 0.3 is 0 Å². The zero-order chi connectivity index (χ0) is 19.5. The molecule has 0 radical (unpaired) electrons. The Morgan fingerprint density at radius 2 is 1.89 bits per heavy atom. The number of nitriles is 1. The fourth-order valence-corrected chi connectivity index (χ4v) is 3.64. The summed E-state index contributed by atoms with van der Waals surface area (Å²) in [6.07, 6.45) is 3.12. The second-order valence-corrected chi connectivity index (χ2v) is 6.67. The van der Waals surface area contributed by atoms with E-state index in [0.717, 1.165) is 54.1 Å². The molecule has 0 unspecified atom stereocenters. The number of methoxy groups -OCH3 is 2. The maximum atomic E-state index is 9.55. The van der Waals surface area contributed by atoms with Crippen LogP contribution in [0.15, 0.2) is 42.5 Å². The third-order valence-corrected chi connectivity index (χ3v) is 5.04. The number of fused-ring (bicyclic) bond motifs is 1. The van der Waals surface area contributed by atoms with Gasteiger partial charge in [-0.1, -0.05) is 12.1 Å². The van der Waals surface area contributed by atoms with E-state index in [1.54, 1.807) is 14.2 Å². The molecule has 2 heterocycles. The van der Waals surface area contributed by atoms with Gasteiger partial charge in [0.25, 0.3) is 0 Å². The maximum absolute atomic E-state index is 9.55. The highest BCUT2D eigenvalue weighted by molar-refractivity contribution is 5.73. The van der Waals surface area contributed by atoms with Crippen molar-refractivity contribution in [1.82, 2.24) is 9.78 Å². The molecule has 0 amide bonds. The Hall–Kier alpha value is -3.46. The first kappa shape index (κ1) is 17.9. The number of benzene rings is 2. The summed E-state index contributed by atoms with van der Waals surface area (Å²) in [4.78, 5) is 0. The van der Waals surface area contributed by atoms with Gasteiger partial charge in [-0.05, 0) is 49.6 Å². The quantitative estimate of drug-likeness (QED) is 0.742. The first-order valence-corrected chi connectivity index (χ1v) is 9.34. The lowest BCUT2D eigenvalue weighted by Gasteiger charge is -2.10. The van der Waals surface area contributed by atoms with Gasteiger partial charge in [0.2, 0.25) is 0 Å². The fourth-order valence-electron chi connectivity index (χ4n) is 3.64. The average molecular weight is 374 g/mol. The molecule has 0 fully saturated rings. The first-order chi connectivity index (χ1) is 13.8. The molecule has 3 aromatic rings. The van der Waals surface area contributed by atoms with Crippen molar-refractivity contribution in [3.05, 3.63) is 53.6 Å². The predicted octanol–water partition coefficient (Wildman–Crippen LogP) is 4.18. The lowest BCUT2D eigenvalue weighted by molar-refractivity contribution is 0.355. The van der Waals surface area contributed by atoms with Gasteiger partial charge in [-0.2, -0.15) is 10.4 Å². The van der Waals surface area contributed by atoms with E-state index in [0.29, 0.717) is 17.1 Å². The molecule has 0 atom stereocenters. The van der Waals surface area contributed by atoms with Crippen LogP contribution in [0, 0.1) is 11.3 Å². The molecule has 0 aliphatic carbocycles. The van der Waals surface area contributed by atoms with Gasteiger partial charge in [0.05, 0.1) is 31.2 Å². The van der Waals surface area contributed by atoms with E-state index >= 15 is 0 Å². The summed E-state index contributed by atoms with van der Waals surface area (Å²) >= 11 is 0. The summed E-state index contributed by atoms with van der Waals surface area (Å²) < 4.78 is 12.7. The lowest BCUT2D eigenvalue weighted by atomic mass is 10.0. The van der Waals surface area contributed by atoms with Gasteiger partial charge in [0, 0.05) is 17.7 Å². The van der Waals surface area contributed by atoms with Gasteiger partial charge in [-0.15, -0.1) is 0 Å². The number of anilines is 1. The second kappa shape index (κ2) is 7.65. The number of nitrogens with one attached hydrogen (secondary N) is 1. The second-order valence-electron chi connectivity index (χ2n) is 6.67. The Kier molecular flexibility index (Phi) is 4.90. The third-order valence-electron chi connectivity index (χ3n) is 5.04. The van der Waals surface area contributed by atoms with Crippen LogP contribution >= 0.6 is 0 Å². The maximum Gasteiger partial charge on any atom is 0.161 e. The standard InChI is InChI=1S/C22H22N4O2/c1-27-19-11-10-15(13-20(19)28-2)21-17-8-5-6-12-24-22(17)26(25-21)18-9-4-3-7-16(18)14-23/h3-4,7,9-11,13,24H,5-6,8,12H2,1-2H3. The van der Waals surface area contributed by atoms with Crippen LogP contribution in [0.3, 0.4) is 0 Å². The molecule has 142 valence electrons. The molecular formula is C22H22N4O2. The summed E-state index contributed by atoms with van der Waals surface area (Å²) in [7, 11) is 3.26. The van der Waals surface area contributed by atoms with E-state index in [1.807, 2.05) is 47.1 Å². The zero-order valence-electron chi connectivity index (χ0n) is 16.0. The summed E-state index contributed by atoms with van der Waals surface area (Å²) in [5, 5.41) is 18.0. The van der Waals surface area contributed by atoms with Crippen molar-refractivity contribution in [3.63, 3.8) is 0 Å². The SMILES string of the molecule is COc1ccc(-c2nn(-c3ccccc3C#N)c3c2CCCCN3)cc1OC. The Labute approximate surface area is 164 Å². The van der Waals surface area contributed by atoms with Crippen molar-refractivity contribution in [2.24, 2.45) is 0 Å². The molecule has 6 heteroatoms. The van der Waals surface area contributed by atoms with Crippen LogP contribution in [0.2, 0.25) is 0 Å². The number of nitrogens with zero attached hydrogens (tertiary/aromatic N) is 3. The minimum Gasteiger partial charge on any atom is -0.493 e. The van der Waals surface area contributed by atoms with Crippen LogP contribution in [0.5, 0.6) is 11.5 Å². The van der Waals surface area contributed by atoms with Crippen molar-refractivity contribution in [3.8, 4) is 34.5 Å². The van der Waals surface area contributed by atoms with Crippen molar-refractivity contribution in [2.75, 3.05) is 26.1 Å². The highest BCUT2D eigenvalue weighted by Gasteiger charge is 2.23. The molecule has 0 saturated carbocycles. The van der Waals surface area contributed by atoms with E-state index < -0.39 is 0 Å².